The number of benzene rings is 3. The number of rotatable bonds is 9. The Morgan fingerprint density at radius 2 is 1.26 bits per heavy atom. The summed E-state index contributed by atoms with van der Waals surface area (Å²) >= 11 is 0. The van der Waals surface area contributed by atoms with Gasteiger partial charge >= 0.3 is 0 Å². The van der Waals surface area contributed by atoms with Crippen molar-refractivity contribution in [1.82, 2.24) is 9.80 Å². The first-order valence-corrected chi connectivity index (χ1v) is 11.9. The summed E-state index contributed by atoms with van der Waals surface area (Å²) in [6, 6.07) is 33.5. The summed E-state index contributed by atoms with van der Waals surface area (Å²) in [5.74, 6) is 0. The first-order chi connectivity index (χ1) is 15.4. The molecule has 1 aliphatic heterocycles. The van der Waals surface area contributed by atoms with Crippen molar-refractivity contribution in [2.24, 2.45) is 0 Å². The van der Waals surface area contributed by atoms with Gasteiger partial charge in [0.25, 0.3) is 0 Å². The van der Waals surface area contributed by atoms with Gasteiger partial charge in [-0.1, -0.05) is 91.0 Å². The monoisotopic (exact) mass is 412 g/mol. The van der Waals surface area contributed by atoms with Gasteiger partial charge in [0.05, 0.1) is 0 Å². The second-order valence-electron chi connectivity index (χ2n) is 8.90. The maximum absolute atomic E-state index is 2.73. The summed E-state index contributed by atoms with van der Waals surface area (Å²) < 4.78 is 0. The number of unbranched alkanes of at least 4 members (excludes halogenated alkanes) is 1. The van der Waals surface area contributed by atoms with E-state index >= 15 is 0 Å². The molecular weight excluding hydrogens is 376 g/mol. The van der Waals surface area contributed by atoms with Crippen molar-refractivity contribution in [3.8, 4) is 0 Å². The van der Waals surface area contributed by atoms with E-state index in [1.807, 2.05) is 0 Å². The summed E-state index contributed by atoms with van der Waals surface area (Å²) in [4.78, 5) is 5.45. The van der Waals surface area contributed by atoms with Crippen molar-refractivity contribution in [2.45, 2.75) is 44.7 Å². The van der Waals surface area contributed by atoms with Crippen LogP contribution in [0.15, 0.2) is 91.0 Å². The molecule has 4 rings (SSSR count). The maximum Gasteiger partial charge on any atom is 0.0267 e. The molecule has 31 heavy (non-hydrogen) atoms. The predicted octanol–water partition coefficient (Wildman–Crippen LogP) is 5.83. The fraction of sp³-hybridized carbons (Fsp3) is 0.379. The number of aryl methyl sites for hydroxylation is 1. The zero-order valence-corrected chi connectivity index (χ0v) is 18.7. The lowest BCUT2D eigenvalue weighted by atomic mass is 10.0. The van der Waals surface area contributed by atoms with Crippen LogP contribution in [0.3, 0.4) is 0 Å². The van der Waals surface area contributed by atoms with Crippen LogP contribution in [0.4, 0.5) is 0 Å². The lowest BCUT2D eigenvalue weighted by Gasteiger charge is -2.32. The minimum absolute atomic E-state index is 0.569. The average Bonchev–Trinajstić information content (AvgIpc) is 3.00. The van der Waals surface area contributed by atoms with Crippen LogP contribution in [0, 0.1) is 0 Å². The SMILES string of the molecule is c1ccc(CCCCN2CCCN(Cc3ccccc3)[C@H](Cc3ccccc3)C2)cc1. The lowest BCUT2D eigenvalue weighted by Crippen LogP contribution is -2.42. The Bertz CT molecular complexity index is 863. The molecule has 0 bridgehead atoms. The molecule has 1 fully saturated rings. The van der Waals surface area contributed by atoms with Crippen LogP contribution in [-0.2, 0) is 19.4 Å². The minimum Gasteiger partial charge on any atom is -0.302 e. The van der Waals surface area contributed by atoms with Gasteiger partial charge in [0, 0.05) is 25.7 Å². The third-order valence-corrected chi connectivity index (χ3v) is 6.48. The van der Waals surface area contributed by atoms with Crippen LogP contribution in [0.1, 0.15) is 36.0 Å². The van der Waals surface area contributed by atoms with Crippen molar-refractivity contribution in [3.63, 3.8) is 0 Å². The van der Waals surface area contributed by atoms with Crippen LogP contribution in [-0.4, -0.2) is 42.0 Å². The molecule has 0 aliphatic carbocycles. The average molecular weight is 413 g/mol. The summed E-state index contributed by atoms with van der Waals surface area (Å²) in [6.45, 7) is 5.86. The Balaban J connectivity index is 1.36. The highest BCUT2D eigenvalue weighted by Gasteiger charge is 2.25. The molecule has 0 saturated carbocycles. The Kier molecular flexibility index (Phi) is 8.32. The molecule has 0 radical (unpaired) electrons. The van der Waals surface area contributed by atoms with Gasteiger partial charge in [0.15, 0.2) is 0 Å². The molecule has 1 atom stereocenters. The van der Waals surface area contributed by atoms with Crippen molar-refractivity contribution in [3.05, 3.63) is 108 Å². The van der Waals surface area contributed by atoms with E-state index in [0.717, 1.165) is 13.0 Å². The lowest BCUT2D eigenvalue weighted by molar-refractivity contribution is 0.169. The molecule has 3 aromatic rings. The largest absolute Gasteiger partial charge is 0.302 e. The zero-order valence-electron chi connectivity index (χ0n) is 18.7. The Labute approximate surface area is 188 Å². The second-order valence-corrected chi connectivity index (χ2v) is 8.90. The maximum atomic E-state index is 2.73. The summed E-state index contributed by atoms with van der Waals surface area (Å²) in [5, 5.41) is 0. The van der Waals surface area contributed by atoms with Crippen molar-refractivity contribution < 1.29 is 0 Å². The summed E-state index contributed by atoms with van der Waals surface area (Å²) in [6.07, 6.45) is 6.15. The molecule has 0 spiro atoms. The fourth-order valence-corrected chi connectivity index (χ4v) is 4.80. The molecule has 1 saturated heterocycles. The molecule has 1 heterocycles. The second kappa shape index (κ2) is 11.8. The number of nitrogens with zero attached hydrogens (tertiary/aromatic N) is 2. The van der Waals surface area contributed by atoms with Gasteiger partial charge in [-0.2, -0.15) is 0 Å². The van der Waals surface area contributed by atoms with Crippen LogP contribution in [0.2, 0.25) is 0 Å². The molecule has 0 amide bonds. The van der Waals surface area contributed by atoms with Crippen molar-refractivity contribution in [2.75, 3.05) is 26.2 Å². The van der Waals surface area contributed by atoms with Gasteiger partial charge in [-0.05, 0) is 61.9 Å². The third-order valence-electron chi connectivity index (χ3n) is 6.48. The molecule has 0 unspecified atom stereocenters. The quantitative estimate of drug-likeness (QED) is 0.408. The van der Waals surface area contributed by atoms with E-state index in [4.69, 9.17) is 0 Å². The Morgan fingerprint density at radius 1 is 0.645 bits per heavy atom. The van der Waals surface area contributed by atoms with Gasteiger partial charge in [-0.25, -0.2) is 0 Å². The fourth-order valence-electron chi connectivity index (χ4n) is 4.80. The van der Waals surface area contributed by atoms with Crippen LogP contribution in [0.5, 0.6) is 0 Å². The highest BCUT2D eigenvalue weighted by Crippen LogP contribution is 2.19. The third kappa shape index (κ3) is 7.05. The van der Waals surface area contributed by atoms with Gasteiger partial charge in [-0.3, -0.25) is 4.90 Å². The Morgan fingerprint density at radius 3 is 1.94 bits per heavy atom. The molecule has 1 aliphatic rings. The number of hydrogen-bond donors (Lipinski definition) is 0. The van der Waals surface area contributed by atoms with Crippen LogP contribution < -0.4 is 0 Å². The topological polar surface area (TPSA) is 6.48 Å². The van der Waals surface area contributed by atoms with E-state index in [-0.39, 0.29) is 0 Å². The van der Waals surface area contributed by atoms with Gasteiger partial charge < -0.3 is 4.90 Å². The summed E-state index contributed by atoms with van der Waals surface area (Å²) in [5.41, 5.74) is 4.35. The molecule has 0 aromatic heterocycles. The molecule has 3 aromatic carbocycles. The molecule has 2 nitrogen and oxygen atoms in total. The normalized spacial score (nSPS) is 18.0. The van der Waals surface area contributed by atoms with Gasteiger partial charge in [-0.15, -0.1) is 0 Å². The highest BCUT2D eigenvalue weighted by molar-refractivity contribution is 5.18. The molecule has 0 N–H and O–H groups in total. The number of hydrogen-bond acceptors (Lipinski definition) is 2. The van der Waals surface area contributed by atoms with E-state index in [0.29, 0.717) is 6.04 Å². The van der Waals surface area contributed by atoms with E-state index in [1.54, 1.807) is 0 Å². The first-order valence-electron chi connectivity index (χ1n) is 11.9. The van der Waals surface area contributed by atoms with Crippen LogP contribution in [0.25, 0.3) is 0 Å². The smallest absolute Gasteiger partial charge is 0.0267 e. The van der Waals surface area contributed by atoms with Gasteiger partial charge in [0.2, 0.25) is 0 Å². The van der Waals surface area contributed by atoms with E-state index in [9.17, 15) is 0 Å². The Hall–Kier alpha value is -2.42. The van der Waals surface area contributed by atoms with E-state index < -0.39 is 0 Å². The van der Waals surface area contributed by atoms with E-state index in [2.05, 4.69) is 101 Å². The van der Waals surface area contributed by atoms with E-state index in [1.165, 1.54) is 68.6 Å². The standard InChI is InChI=1S/C29H36N2/c1-4-13-26(14-5-1)15-10-11-20-30-21-12-22-31(24-28-18-8-3-9-19-28)29(25-30)23-27-16-6-2-7-17-27/h1-9,13-14,16-19,29H,10-12,15,20-25H2/t29-/m1/s1. The zero-order chi connectivity index (χ0) is 21.1. The van der Waals surface area contributed by atoms with Crippen LogP contribution >= 0.6 is 0 Å². The predicted molar refractivity (Wildman–Crippen MR) is 131 cm³/mol. The van der Waals surface area contributed by atoms with Gasteiger partial charge in [0.1, 0.15) is 0 Å². The molecular formula is C29H36N2. The molecule has 162 valence electrons. The molecule has 2 heteroatoms. The highest BCUT2D eigenvalue weighted by atomic mass is 15.2. The first kappa shape index (κ1) is 21.8. The summed E-state index contributed by atoms with van der Waals surface area (Å²) in [7, 11) is 0. The minimum atomic E-state index is 0.569. The van der Waals surface area contributed by atoms with Crippen molar-refractivity contribution >= 4 is 0 Å². The van der Waals surface area contributed by atoms with Crippen molar-refractivity contribution in [1.29, 1.82) is 0 Å².